The fraction of sp³-hybridized carbons (Fsp3) is 0.833. The van der Waals surface area contributed by atoms with Gasteiger partial charge in [0.05, 0.1) is 12.7 Å². The Hall–Kier alpha value is -0.850. The summed E-state index contributed by atoms with van der Waals surface area (Å²) in [5, 5.41) is 2.81. The number of hydrogen-bond donors (Lipinski definition) is 2. The van der Waals surface area contributed by atoms with E-state index in [4.69, 9.17) is 10.5 Å². The summed E-state index contributed by atoms with van der Waals surface area (Å²) < 4.78 is 5.37. The molecule has 2 amide bonds. The number of morpholine rings is 1. The van der Waals surface area contributed by atoms with E-state index in [0.29, 0.717) is 26.2 Å². The highest BCUT2D eigenvalue weighted by Gasteiger charge is 2.29. The van der Waals surface area contributed by atoms with Gasteiger partial charge in [-0.25, -0.2) is 0 Å². The fourth-order valence-electron chi connectivity index (χ4n) is 2.51. The van der Waals surface area contributed by atoms with E-state index in [1.165, 1.54) is 4.90 Å². The molecule has 1 atom stereocenters. The number of ether oxygens (including phenoxy) is 1. The molecule has 2 aliphatic rings. The summed E-state index contributed by atoms with van der Waals surface area (Å²) in [5.41, 5.74) is 5.51. The van der Waals surface area contributed by atoms with Crippen molar-refractivity contribution in [2.24, 2.45) is 5.73 Å². The third kappa shape index (κ3) is 4.33. The standard InChI is InChI=1S/C12H21N3O3.ClH/c13-7-10-8-15(5-6-18-10)12(17)11(16)14-9-3-1-2-4-9;/h9-10H,1-8,13H2,(H,14,16);1H. The van der Waals surface area contributed by atoms with E-state index in [1.807, 2.05) is 0 Å². The molecule has 2 rings (SSSR count). The van der Waals surface area contributed by atoms with Crippen LogP contribution < -0.4 is 11.1 Å². The molecular formula is C12H22ClN3O3. The van der Waals surface area contributed by atoms with Crippen LogP contribution >= 0.6 is 12.4 Å². The lowest BCUT2D eigenvalue weighted by atomic mass is 10.2. The zero-order valence-electron chi connectivity index (χ0n) is 11.0. The molecule has 0 aromatic rings. The molecule has 1 saturated heterocycles. The van der Waals surface area contributed by atoms with Crippen LogP contribution in [0.2, 0.25) is 0 Å². The van der Waals surface area contributed by atoms with Crippen molar-refractivity contribution in [3.05, 3.63) is 0 Å². The quantitative estimate of drug-likeness (QED) is 0.681. The third-order valence-corrected chi connectivity index (χ3v) is 3.57. The van der Waals surface area contributed by atoms with Gasteiger partial charge in [0, 0.05) is 25.7 Å². The van der Waals surface area contributed by atoms with E-state index in [9.17, 15) is 9.59 Å². The molecule has 3 N–H and O–H groups in total. The molecule has 1 heterocycles. The lowest BCUT2D eigenvalue weighted by molar-refractivity contribution is -0.150. The number of nitrogens with one attached hydrogen (secondary N) is 1. The minimum atomic E-state index is -0.487. The topological polar surface area (TPSA) is 84.7 Å². The lowest BCUT2D eigenvalue weighted by Gasteiger charge is -2.32. The van der Waals surface area contributed by atoms with Gasteiger partial charge in [-0.15, -0.1) is 12.4 Å². The average Bonchev–Trinajstić information content (AvgIpc) is 2.90. The van der Waals surface area contributed by atoms with Gasteiger partial charge in [0.2, 0.25) is 0 Å². The van der Waals surface area contributed by atoms with Crippen LogP contribution in [0.4, 0.5) is 0 Å². The largest absolute Gasteiger partial charge is 0.373 e. The minimum Gasteiger partial charge on any atom is -0.373 e. The van der Waals surface area contributed by atoms with E-state index in [2.05, 4.69) is 5.32 Å². The molecule has 6 nitrogen and oxygen atoms in total. The molecule has 0 aromatic heterocycles. The lowest BCUT2D eigenvalue weighted by Crippen LogP contribution is -2.53. The van der Waals surface area contributed by atoms with Gasteiger partial charge in [-0.05, 0) is 12.8 Å². The van der Waals surface area contributed by atoms with Crippen molar-refractivity contribution >= 4 is 24.2 Å². The molecule has 1 aliphatic carbocycles. The number of hydrogen-bond acceptors (Lipinski definition) is 4. The van der Waals surface area contributed by atoms with Crippen molar-refractivity contribution in [2.45, 2.75) is 37.8 Å². The second-order valence-electron chi connectivity index (χ2n) is 4.93. The van der Waals surface area contributed by atoms with Crippen molar-refractivity contribution < 1.29 is 14.3 Å². The number of halogens is 1. The Labute approximate surface area is 119 Å². The molecule has 1 saturated carbocycles. The molecule has 1 aliphatic heterocycles. The van der Waals surface area contributed by atoms with Crippen LogP contribution in [-0.2, 0) is 14.3 Å². The van der Waals surface area contributed by atoms with Crippen molar-refractivity contribution in [3.63, 3.8) is 0 Å². The molecule has 7 heteroatoms. The first-order chi connectivity index (χ1) is 8.70. The fourth-order valence-corrected chi connectivity index (χ4v) is 2.51. The van der Waals surface area contributed by atoms with Gasteiger partial charge in [0.1, 0.15) is 0 Å². The summed E-state index contributed by atoms with van der Waals surface area (Å²) in [6, 6.07) is 0.174. The van der Waals surface area contributed by atoms with Crippen LogP contribution in [0.15, 0.2) is 0 Å². The maximum Gasteiger partial charge on any atom is 0.312 e. The zero-order valence-corrected chi connectivity index (χ0v) is 11.8. The van der Waals surface area contributed by atoms with Crippen LogP contribution in [0.5, 0.6) is 0 Å². The number of rotatable bonds is 2. The number of nitrogens with zero attached hydrogens (tertiary/aromatic N) is 1. The van der Waals surface area contributed by atoms with E-state index in [1.54, 1.807) is 0 Å². The number of carbonyl (C=O) groups is 2. The molecular weight excluding hydrogens is 270 g/mol. The van der Waals surface area contributed by atoms with Crippen molar-refractivity contribution in [1.29, 1.82) is 0 Å². The van der Waals surface area contributed by atoms with Gasteiger partial charge in [-0.2, -0.15) is 0 Å². The Bertz CT molecular complexity index is 321. The molecule has 19 heavy (non-hydrogen) atoms. The Morgan fingerprint density at radius 3 is 2.63 bits per heavy atom. The molecule has 110 valence electrons. The summed E-state index contributed by atoms with van der Waals surface area (Å²) in [6.07, 6.45) is 4.07. The van der Waals surface area contributed by atoms with E-state index < -0.39 is 11.8 Å². The number of amides is 2. The average molecular weight is 292 g/mol. The summed E-state index contributed by atoms with van der Waals surface area (Å²) in [6.45, 7) is 1.69. The Morgan fingerprint density at radius 2 is 2.00 bits per heavy atom. The SMILES string of the molecule is Cl.NCC1CN(C(=O)C(=O)NC2CCCC2)CCO1. The summed E-state index contributed by atoms with van der Waals surface area (Å²) in [7, 11) is 0. The van der Waals surface area contributed by atoms with Crippen LogP contribution in [0.25, 0.3) is 0 Å². The van der Waals surface area contributed by atoms with E-state index in [0.717, 1.165) is 25.7 Å². The molecule has 0 radical (unpaired) electrons. The predicted octanol–water partition coefficient (Wildman–Crippen LogP) is -0.347. The number of carbonyl (C=O) groups excluding carboxylic acids is 2. The summed E-state index contributed by atoms with van der Waals surface area (Å²) >= 11 is 0. The first kappa shape index (κ1) is 16.2. The van der Waals surface area contributed by atoms with Crippen LogP contribution in [0, 0.1) is 0 Å². The number of nitrogens with two attached hydrogens (primary N) is 1. The first-order valence-electron chi connectivity index (χ1n) is 6.62. The van der Waals surface area contributed by atoms with Gasteiger partial charge in [0.25, 0.3) is 0 Å². The summed E-state index contributed by atoms with van der Waals surface area (Å²) in [4.78, 5) is 25.3. The van der Waals surface area contributed by atoms with Crippen LogP contribution in [0.1, 0.15) is 25.7 Å². The molecule has 0 aromatic carbocycles. The molecule has 0 bridgehead atoms. The van der Waals surface area contributed by atoms with Crippen molar-refractivity contribution in [2.75, 3.05) is 26.2 Å². The van der Waals surface area contributed by atoms with E-state index in [-0.39, 0.29) is 24.6 Å². The van der Waals surface area contributed by atoms with Gasteiger partial charge in [-0.1, -0.05) is 12.8 Å². The van der Waals surface area contributed by atoms with Gasteiger partial charge in [0.15, 0.2) is 0 Å². The first-order valence-corrected chi connectivity index (χ1v) is 6.62. The van der Waals surface area contributed by atoms with E-state index >= 15 is 0 Å². The highest BCUT2D eigenvalue weighted by Crippen LogP contribution is 2.17. The monoisotopic (exact) mass is 291 g/mol. The van der Waals surface area contributed by atoms with Crippen LogP contribution in [0.3, 0.4) is 0 Å². The highest BCUT2D eigenvalue weighted by atomic mass is 35.5. The maximum atomic E-state index is 12.0. The van der Waals surface area contributed by atoms with Crippen molar-refractivity contribution in [3.8, 4) is 0 Å². The smallest absolute Gasteiger partial charge is 0.312 e. The van der Waals surface area contributed by atoms with Crippen molar-refractivity contribution in [1.82, 2.24) is 10.2 Å². The highest BCUT2D eigenvalue weighted by molar-refractivity contribution is 6.35. The molecule has 2 fully saturated rings. The van der Waals surface area contributed by atoms with Gasteiger partial charge >= 0.3 is 11.8 Å². The minimum absolute atomic E-state index is 0. The molecule has 1 unspecified atom stereocenters. The zero-order chi connectivity index (χ0) is 13.0. The second kappa shape index (κ2) is 7.67. The Morgan fingerprint density at radius 1 is 1.32 bits per heavy atom. The molecule has 0 spiro atoms. The predicted molar refractivity (Wildman–Crippen MR) is 73.0 cm³/mol. The normalized spacial score (nSPS) is 23.8. The van der Waals surface area contributed by atoms with Gasteiger partial charge in [-0.3, -0.25) is 9.59 Å². The third-order valence-electron chi connectivity index (χ3n) is 3.57. The Balaban J connectivity index is 0.00000180. The second-order valence-corrected chi connectivity index (χ2v) is 4.93. The van der Waals surface area contributed by atoms with Crippen LogP contribution in [-0.4, -0.2) is 55.1 Å². The summed E-state index contributed by atoms with van der Waals surface area (Å²) in [5.74, 6) is -0.941. The van der Waals surface area contributed by atoms with Gasteiger partial charge < -0.3 is 20.7 Å². The Kier molecular flexibility index (Phi) is 6.54. The maximum absolute atomic E-state index is 12.0.